The van der Waals surface area contributed by atoms with Gasteiger partial charge >= 0.3 is 0 Å². The molecule has 0 radical (unpaired) electrons. The van der Waals surface area contributed by atoms with Crippen molar-refractivity contribution < 1.29 is 0 Å². The number of hydrogen-bond donors (Lipinski definition) is 0. The second kappa shape index (κ2) is 4.94. The van der Waals surface area contributed by atoms with Crippen molar-refractivity contribution in [3.63, 3.8) is 0 Å². The van der Waals surface area contributed by atoms with E-state index < -0.39 is 0 Å². The molecule has 0 N–H and O–H groups in total. The van der Waals surface area contributed by atoms with Crippen molar-refractivity contribution in [2.75, 3.05) is 27.2 Å². The summed E-state index contributed by atoms with van der Waals surface area (Å²) < 4.78 is 0. The highest BCUT2D eigenvalue weighted by Crippen LogP contribution is 2.42. The Kier molecular flexibility index (Phi) is 3.31. The molecule has 0 bridgehead atoms. The minimum absolute atomic E-state index is 0.709. The lowest BCUT2D eigenvalue weighted by atomic mass is 9.97. The second-order valence-corrected chi connectivity index (χ2v) is 5.89. The van der Waals surface area contributed by atoms with Gasteiger partial charge in [-0.3, -0.25) is 4.90 Å². The van der Waals surface area contributed by atoms with E-state index in [-0.39, 0.29) is 0 Å². The summed E-state index contributed by atoms with van der Waals surface area (Å²) in [6.07, 6.45) is 6.54. The summed E-state index contributed by atoms with van der Waals surface area (Å²) in [4.78, 5) is 13.6. The van der Waals surface area contributed by atoms with Crippen LogP contribution in [0.25, 0.3) is 0 Å². The number of aromatic nitrogens is 2. The van der Waals surface area contributed by atoms with E-state index in [4.69, 9.17) is 0 Å². The molecule has 0 unspecified atom stereocenters. The molecule has 0 amide bonds. The fourth-order valence-corrected chi connectivity index (χ4v) is 3.17. The number of hydrogen-bond acceptors (Lipinski definition) is 4. The highest BCUT2D eigenvalue weighted by atomic mass is 15.2. The van der Waals surface area contributed by atoms with Gasteiger partial charge in [0, 0.05) is 31.5 Å². The van der Waals surface area contributed by atoms with Gasteiger partial charge < -0.3 is 4.90 Å². The summed E-state index contributed by atoms with van der Waals surface area (Å²) in [5.41, 5.74) is 0. The molecule has 4 nitrogen and oxygen atoms in total. The molecular weight excluding hydrogens is 224 g/mol. The Balaban J connectivity index is 1.65. The summed E-state index contributed by atoms with van der Waals surface area (Å²) in [6, 6.07) is 2.59. The summed E-state index contributed by atoms with van der Waals surface area (Å²) in [5.74, 6) is 2.77. The van der Waals surface area contributed by atoms with E-state index in [0.717, 1.165) is 30.7 Å². The van der Waals surface area contributed by atoms with Crippen molar-refractivity contribution in [1.82, 2.24) is 19.8 Å². The fourth-order valence-electron chi connectivity index (χ4n) is 3.17. The zero-order chi connectivity index (χ0) is 12.5. The van der Waals surface area contributed by atoms with Gasteiger partial charge in [-0.25, -0.2) is 9.97 Å². The Hall–Kier alpha value is -1.00. The normalized spacial score (nSPS) is 29.1. The van der Waals surface area contributed by atoms with Crippen molar-refractivity contribution in [2.24, 2.45) is 11.8 Å². The van der Waals surface area contributed by atoms with Gasteiger partial charge in [-0.15, -0.1) is 0 Å². The van der Waals surface area contributed by atoms with Gasteiger partial charge in [-0.2, -0.15) is 0 Å². The monoisotopic (exact) mass is 246 g/mol. The van der Waals surface area contributed by atoms with Gasteiger partial charge in [0.25, 0.3) is 0 Å². The topological polar surface area (TPSA) is 32.3 Å². The molecule has 1 saturated heterocycles. The number of rotatable bonds is 4. The summed E-state index contributed by atoms with van der Waals surface area (Å²) in [5, 5.41) is 0. The predicted molar refractivity (Wildman–Crippen MR) is 71.0 cm³/mol. The van der Waals surface area contributed by atoms with Crippen LogP contribution in [0.1, 0.15) is 18.7 Å². The Bertz CT molecular complexity index is 378. The third kappa shape index (κ3) is 2.54. The van der Waals surface area contributed by atoms with Crippen LogP contribution in [-0.2, 0) is 6.54 Å². The van der Waals surface area contributed by atoms with E-state index >= 15 is 0 Å². The molecule has 98 valence electrons. The van der Waals surface area contributed by atoms with Gasteiger partial charge in [0.15, 0.2) is 0 Å². The fraction of sp³-hybridized carbons (Fsp3) is 0.714. The standard InChI is InChI=1S/C14H22N4/c1-17(2)13-9-18(8-12(13)11-4-5-11)10-14-15-6-3-7-16-14/h3,6-7,11-13H,4-5,8-10H2,1-2H3/t12-,13+/m0/s1. The molecule has 2 atom stereocenters. The first kappa shape index (κ1) is 12.1. The minimum atomic E-state index is 0.709. The summed E-state index contributed by atoms with van der Waals surface area (Å²) in [6.45, 7) is 3.27. The van der Waals surface area contributed by atoms with Crippen LogP contribution in [0.5, 0.6) is 0 Å². The first-order chi connectivity index (χ1) is 8.74. The van der Waals surface area contributed by atoms with E-state index in [1.54, 1.807) is 0 Å². The largest absolute Gasteiger partial charge is 0.305 e. The molecule has 1 saturated carbocycles. The lowest BCUT2D eigenvalue weighted by Crippen LogP contribution is -2.36. The van der Waals surface area contributed by atoms with Gasteiger partial charge in [0.1, 0.15) is 5.82 Å². The van der Waals surface area contributed by atoms with E-state index in [2.05, 4.69) is 33.9 Å². The van der Waals surface area contributed by atoms with Crippen LogP contribution in [0, 0.1) is 11.8 Å². The van der Waals surface area contributed by atoms with Crippen LogP contribution < -0.4 is 0 Å². The van der Waals surface area contributed by atoms with Gasteiger partial charge in [-0.05, 0) is 44.8 Å². The molecule has 1 aliphatic heterocycles. The lowest BCUT2D eigenvalue weighted by Gasteiger charge is -2.24. The molecule has 0 aromatic carbocycles. The molecule has 4 heteroatoms. The molecule has 2 heterocycles. The maximum absolute atomic E-state index is 4.33. The maximum atomic E-state index is 4.33. The average molecular weight is 246 g/mol. The molecule has 3 rings (SSSR count). The summed E-state index contributed by atoms with van der Waals surface area (Å²) >= 11 is 0. The Morgan fingerprint density at radius 2 is 1.94 bits per heavy atom. The molecule has 18 heavy (non-hydrogen) atoms. The van der Waals surface area contributed by atoms with Crippen LogP contribution in [0.3, 0.4) is 0 Å². The Morgan fingerprint density at radius 3 is 2.56 bits per heavy atom. The smallest absolute Gasteiger partial charge is 0.142 e. The highest BCUT2D eigenvalue weighted by Gasteiger charge is 2.43. The van der Waals surface area contributed by atoms with Gasteiger partial charge in [0.05, 0.1) is 6.54 Å². The van der Waals surface area contributed by atoms with Crippen LogP contribution in [0.2, 0.25) is 0 Å². The molecule has 1 aromatic rings. The first-order valence-corrected chi connectivity index (χ1v) is 6.88. The quantitative estimate of drug-likeness (QED) is 0.800. The predicted octanol–water partition coefficient (Wildman–Crippen LogP) is 1.25. The molecular formula is C14H22N4. The zero-order valence-electron chi connectivity index (χ0n) is 11.3. The van der Waals surface area contributed by atoms with Crippen molar-refractivity contribution in [3.05, 3.63) is 24.3 Å². The Labute approximate surface area is 109 Å². The van der Waals surface area contributed by atoms with Crippen LogP contribution in [0.4, 0.5) is 0 Å². The van der Waals surface area contributed by atoms with E-state index in [1.807, 2.05) is 18.5 Å². The molecule has 0 spiro atoms. The van der Waals surface area contributed by atoms with E-state index in [0.29, 0.717) is 6.04 Å². The summed E-state index contributed by atoms with van der Waals surface area (Å²) in [7, 11) is 4.42. The number of likely N-dealkylation sites (N-methyl/N-ethyl adjacent to an activating group) is 1. The third-order valence-electron chi connectivity index (χ3n) is 4.28. The van der Waals surface area contributed by atoms with Gasteiger partial charge in [0.2, 0.25) is 0 Å². The highest BCUT2D eigenvalue weighted by molar-refractivity contribution is 4.98. The maximum Gasteiger partial charge on any atom is 0.142 e. The third-order valence-corrected chi connectivity index (χ3v) is 4.28. The SMILES string of the molecule is CN(C)[C@@H]1CN(Cc2ncccn2)C[C@H]1C1CC1. The van der Waals surface area contributed by atoms with Crippen molar-refractivity contribution >= 4 is 0 Å². The number of nitrogens with zero attached hydrogens (tertiary/aromatic N) is 4. The van der Waals surface area contributed by atoms with Crippen LogP contribution in [-0.4, -0.2) is 53.0 Å². The number of likely N-dealkylation sites (tertiary alicyclic amines) is 1. The van der Waals surface area contributed by atoms with Crippen molar-refractivity contribution in [3.8, 4) is 0 Å². The molecule has 2 aliphatic rings. The van der Waals surface area contributed by atoms with Crippen molar-refractivity contribution in [2.45, 2.75) is 25.4 Å². The molecule has 1 aliphatic carbocycles. The van der Waals surface area contributed by atoms with E-state index in [1.165, 1.54) is 19.4 Å². The average Bonchev–Trinajstić information content (AvgIpc) is 3.12. The van der Waals surface area contributed by atoms with Crippen LogP contribution >= 0.6 is 0 Å². The van der Waals surface area contributed by atoms with Gasteiger partial charge in [-0.1, -0.05) is 0 Å². The lowest BCUT2D eigenvalue weighted by molar-refractivity contribution is 0.233. The zero-order valence-corrected chi connectivity index (χ0v) is 11.3. The molecule has 1 aromatic heterocycles. The minimum Gasteiger partial charge on any atom is -0.305 e. The first-order valence-electron chi connectivity index (χ1n) is 6.88. The van der Waals surface area contributed by atoms with E-state index in [9.17, 15) is 0 Å². The van der Waals surface area contributed by atoms with Crippen LogP contribution in [0.15, 0.2) is 18.5 Å². The Morgan fingerprint density at radius 1 is 1.22 bits per heavy atom. The second-order valence-electron chi connectivity index (χ2n) is 5.89. The van der Waals surface area contributed by atoms with Crippen molar-refractivity contribution in [1.29, 1.82) is 0 Å². The molecule has 2 fully saturated rings.